The maximum Gasteiger partial charge on any atom is 0.255 e. The molecule has 7 heteroatoms. The van der Waals surface area contributed by atoms with Gasteiger partial charge in [-0.15, -0.1) is 11.8 Å². The number of amides is 2. The molecule has 0 aliphatic rings. The third-order valence-electron chi connectivity index (χ3n) is 4.48. The van der Waals surface area contributed by atoms with E-state index in [4.69, 9.17) is 4.74 Å². The van der Waals surface area contributed by atoms with Gasteiger partial charge in [0.25, 0.3) is 5.91 Å². The SMILES string of the molecule is CCC(Sc1cccc(NC(=O)c2ccc(F)cc2)c1)C(=O)Nc1cccc(OC)c1. The Morgan fingerprint density at radius 2 is 1.65 bits per heavy atom. The third-order valence-corrected chi connectivity index (χ3v) is 5.84. The van der Waals surface area contributed by atoms with Crippen molar-refractivity contribution in [3.8, 4) is 5.75 Å². The number of halogens is 1. The normalized spacial score (nSPS) is 11.5. The third kappa shape index (κ3) is 6.33. The summed E-state index contributed by atoms with van der Waals surface area (Å²) in [7, 11) is 1.58. The van der Waals surface area contributed by atoms with E-state index in [1.165, 1.54) is 36.0 Å². The molecule has 0 spiro atoms. The lowest BCUT2D eigenvalue weighted by Gasteiger charge is -2.16. The topological polar surface area (TPSA) is 67.4 Å². The summed E-state index contributed by atoms with van der Waals surface area (Å²) in [5, 5.41) is 5.41. The van der Waals surface area contributed by atoms with Gasteiger partial charge < -0.3 is 15.4 Å². The number of ether oxygens (including phenoxy) is 1. The molecule has 0 aliphatic heterocycles. The maximum atomic E-state index is 13.1. The van der Waals surface area contributed by atoms with Gasteiger partial charge in [0.1, 0.15) is 11.6 Å². The summed E-state index contributed by atoms with van der Waals surface area (Å²) in [6.07, 6.45) is 0.632. The van der Waals surface area contributed by atoms with Crippen LogP contribution in [0.3, 0.4) is 0 Å². The highest BCUT2D eigenvalue weighted by Gasteiger charge is 2.18. The van der Waals surface area contributed by atoms with Crippen molar-refractivity contribution in [1.82, 2.24) is 0 Å². The molecular weight excluding hydrogens is 415 g/mol. The van der Waals surface area contributed by atoms with Crippen LogP contribution in [0.4, 0.5) is 15.8 Å². The monoisotopic (exact) mass is 438 g/mol. The lowest BCUT2D eigenvalue weighted by Crippen LogP contribution is -2.24. The number of anilines is 2. The molecule has 2 amide bonds. The molecule has 5 nitrogen and oxygen atoms in total. The van der Waals surface area contributed by atoms with Crippen LogP contribution < -0.4 is 15.4 Å². The number of methoxy groups -OCH3 is 1. The van der Waals surface area contributed by atoms with Crippen molar-refractivity contribution >= 4 is 35.0 Å². The lowest BCUT2D eigenvalue weighted by atomic mass is 10.2. The standard InChI is InChI=1S/C24H23FN2O3S/c1-3-22(24(29)27-18-6-4-8-20(14-18)30-2)31-21-9-5-7-19(15-21)26-23(28)16-10-12-17(25)13-11-16/h4-15,22H,3H2,1-2H3,(H,26,28)(H,27,29). The molecule has 160 valence electrons. The highest BCUT2D eigenvalue weighted by atomic mass is 32.2. The number of hydrogen-bond acceptors (Lipinski definition) is 4. The van der Waals surface area contributed by atoms with Gasteiger partial charge in [-0.1, -0.05) is 19.1 Å². The number of benzene rings is 3. The van der Waals surface area contributed by atoms with E-state index in [0.29, 0.717) is 29.1 Å². The zero-order chi connectivity index (χ0) is 22.2. The summed E-state index contributed by atoms with van der Waals surface area (Å²) in [5.74, 6) is -0.164. The summed E-state index contributed by atoms with van der Waals surface area (Å²) in [6, 6.07) is 19.8. The van der Waals surface area contributed by atoms with Crippen LogP contribution >= 0.6 is 11.8 Å². The van der Waals surface area contributed by atoms with Crippen LogP contribution in [-0.2, 0) is 4.79 Å². The van der Waals surface area contributed by atoms with E-state index < -0.39 is 5.82 Å². The maximum absolute atomic E-state index is 13.1. The molecular formula is C24H23FN2O3S. The molecule has 0 heterocycles. The van der Waals surface area contributed by atoms with Gasteiger partial charge in [0, 0.05) is 27.9 Å². The molecule has 0 aromatic heterocycles. The molecule has 0 saturated carbocycles. The highest BCUT2D eigenvalue weighted by Crippen LogP contribution is 2.29. The van der Waals surface area contributed by atoms with Crippen molar-refractivity contribution in [3.05, 3.63) is 84.2 Å². The van der Waals surface area contributed by atoms with E-state index in [9.17, 15) is 14.0 Å². The second-order valence-electron chi connectivity index (χ2n) is 6.72. The molecule has 1 atom stereocenters. The van der Waals surface area contributed by atoms with Crippen molar-refractivity contribution in [2.24, 2.45) is 0 Å². The highest BCUT2D eigenvalue weighted by molar-refractivity contribution is 8.00. The Bertz CT molecular complexity index is 1060. The Balaban J connectivity index is 1.65. The Kier molecular flexibility index (Phi) is 7.67. The first kappa shape index (κ1) is 22.4. The van der Waals surface area contributed by atoms with Gasteiger partial charge >= 0.3 is 0 Å². The van der Waals surface area contributed by atoms with Crippen molar-refractivity contribution in [2.75, 3.05) is 17.7 Å². The Hall–Kier alpha value is -3.32. The number of nitrogens with one attached hydrogen (secondary N) is 2. The molecule has 0 aliphatic carbocycles. The quantitative estimate of drug-likeness (QED) is 0.450. The van der Waals surface area contributed by atoms with Gasteiger partial charge in [-0.2, -0.15) is 0 Å². The van der Waals surface area contributed by atoms with Crippen LogP contribution in [0.5, 0.6) is 5.75 Å². The van der Waals surface area contributed by atoms with E-state index >= 15 is 0 Å². The van der Waals surface area contributed by atoms with E-state index in [0.717, 1.165) is 4.90 Å². The molecule has 0 bridgehead atoms. The minimum atomic E-state index is -0.396. The molecule has 3 rings (SSSR count). The second-order valence-corrected chi connectivity index (χ2v) is 8.00. The van der Waals surface area contributed by atoms with Crippen LogP contribution in [0, 0.1) is 5.82 Å². The summed E-state index contributed by atoms with van der Waals surface area (Å²) in [4.78, 5) is 26.0. The van der Waals surface area contributed by atoms with Gasteiger partial charge in [-0.05, 0) is 61.0 Å². The zero-order valence-electron chi connectivity index (χ0n) is 17.2. The van der Waals surface area contributed by atoms with Gasteiger partial charge in [0.15, 0.2) is 0 Å². The summed E-state index contributed by atoms with van der Waals surface area (Å²) in [5.41, 5.74) is 1.63. The van der Waals surface area contributed by atoms with Crippen LogP contribution in [0.2, 0.25) is 0 Å². The smallest absolute Gasteiger partial charge is 0.255 e. The Morgan fingerprint density at radius 3 is 2.32 bits per heavy atom. The number of carbonyl (C=O) groups is 2. The fraction of sp³-hybridized carbons (Fsp3) is 0.167. The minimum absolute atomic E-state index is 0.110. The zero-order valence-corrected chi connectivity index (χ0v) is 18.0. The van der Waals surface area contributed by atoms with Crippen LogP contribution in [0.25, 0.3) is 0 Å². The Labute approximate surface area is 185 Å². The summed E-state index contributed by atoms with van der Waals surface area (Å²) >= 11 is 1.42. The van der Waals surface area contributed by atoms with E-state index in [-0.39, 0.29) is 17.1 Å². The summed E-state index contributed by atoms with van der Waals surface area (Å²) in [6.45, 7) is 1.95. The molecule has 1 unspecified atom stereocenters. The number of rotatable bonds is 8. The largest absolute Gasteiger partial charge is 0.497 e. The van der Waals surface area contributed by atoms with E-state index in [2.05, 4.69) is 10.6 Å². The number of hydrogen-bond donors (Lipinski definition) is 2. The molecule has 3 aromatic rings. The lowest BCUT2D eigenvalue weighted by molar-refractivity contribution is -0.115. The molecule has 31 heavy (non-hydrogen) atoms. The molecule has 2 N–H and O–H groups in total. The fourth-order valence-electron chi connectivity index (χ4n) is 2.86. The second kappa shape index (κ2) is 10.6. The number of carbonyl (C=O) groups excluding carboxylic acids is 2. The fourth-order valence-corrected chi connectivity index (χ4v) is 3.88. The predicted molar refractivity (Wildman–Crippen MR) is 122 cm³/mol. The first-order chi connectivity index (χ1) is 15.0. The van der Waals surface area contributed by atoms with Crippen molar-refractivity contribution < 1.29 is 18.7 Å². The minimum Gasteiger partial charge on any atom is -0.497 e. The van der Waals surface area contributed by atoms with Gasteiger partial charge in [-0.3, -0.25) is 9.59 Å². The Morgan fingerprint density at radius 1 is 0.968 bits per heavy atom. The summed E-state index contributed by atoms with van der Waals surface area (Å²) < 4.78 is 18.2. The van der Waals surface area contributed by atoms with Crippen LogP contribution in [-0.4, -0.2) is 24.2 Å². The first-order valence-corrected chi connectivity index (χ1v) is 10.6. The first-order valence-electron chi connectivity index (χ1n) is 9.77. The molecule has 0 saturated heterocycles. The van der Waals surface area contributed by atoms with Crippen molar-refractivity contribution in [2.45, 2.75) is 23.5 Å². The molecule has 3 aromatic carbocycles. The average molecular weight is 439 g/mol. The van der Waals surface area contributed by atoms with E-state index in [1.54, 1.807) is 19.2 Å². The molecule has 0 radical (unpaired) electrons. The predicted octanol–water partition coefficient (Wildman–Crippen LogP) is 5.60. The van der Waals surface area contributed by atoms with E-state index in [1.807, 2.05) is 43.3 Å². The van der Waals surface area contributed by atoms with Gasteiger partial charge in [-0.25, -0.2) is 4.39 Å². The van der Waals surface area contributed by atoms with Crippen molar-refractivity contribution in [1.29, 1.82) is 0 Å². The van der Waals surface area contributed by atoms with Crippen LogP contribution in [0.1, 0.15) is 23.7 Å². The van der Waals surface area contributed by atoms with Gasteiger partial charge in [0.2, 0.25) is 5.91 Å². The van der Waals surface area contributed by atoms with Crippen LogP contribution in [0.15, 0.2) is 77.7 Å². The average Bonchev–Trinajstić information content (AvgIpc) is 2.78. The van der Waals surface area contributed by atoms with Gasteiger partial charge in [0.05, 0.1) is 12.4 Å². The molecule has 0 fully saturated rings. The van der Waals surface area contributed by atoms with Crippen molar-refractivity contribution in [3.63, 3.8) is 0 Å². The number of thioether (sulfide) groups is 1.